The van der Waals surface area contributed by atoms with Crippen LogP contribution in [-0.4, -0.2) is 35.4 Å². The van der Waals surface area contributed by atoms with Crippen LogP contribution in [0.3, 0.4) is 0 Å². The van der Waals surface area contributed by atoms with Crippen LogP contribution in [-0.2, 0) is 32.0 Å². The fourth-order valence-electron chi connectivity index (χ4n) is 2.27. The molecule has 26 heavy (non-hydrogen) atoms. The summed E-state index contributed by atoms with van der Waals surface area (Å²) >= 11 is 0. The van der Waals surface area contributed by atoms with Crippen LogP contribution in [0.2, 0.25) is 0 Å². The zero-order valence-electron chi connectivity index (χ0n) is 14.2. The molecule has 2 aromatic rings. The van der Waals surface area contributed by atoms with Crippen molar-refractivity contribution in [1.29, 1.82) is 0 Å². The van der Waals surface area contributed by atoms with Gasteiger partial charge in [0.15, 0.2) is 11.6 Å². The Morgan fingerprint density at radius 1 is 1.08 bits per heavy atom. The van der Waals surface area contributed by atoms with Gasteiger partial charge in [0.05, 0.1) is 13.5 Å². The van der Waals surface area contributed by atoms with Crippen LogP contribution < -0.4 is 0 Å². The molecule has 0 fully saturated rings. The molecule has 0 saturated carbocycles. The van der Waals surface area contributed by atoms with E-state index < -0.39 is 29.7 Å². The Kier molecular flexibility index (Phi) is 6.11. The predicted molar refractivity (Wildman–Crippen MR) is 86.0 cm³/mol. The smallest absolute Gasteiger partial charge is 0.374 e. The minimum absolute atomic E-state index is 0.188. The maximum absolute atomic E-state index is 12.9. The highest BCUT2D eigenvalue weighted by Crippen LogP contribution is 2.16. The molecule has 1 heterocycles. The number of methoxy groups -OCH3 is 1. The molecule has 0 aliphatic carbocycles. The maximum atomic E-state index is 12.9. The van der Waals surface area contributed by atoms with Gasteiger partial charge in [-0.05, 0) is 24.1 Å². The molecule has 0 aliphatic heterocycles. The number of ether oxygens (including phenoxy) is 1. The average Bonchev–Trinajstić information content (AvgIpc) is 3.00. The monoisotopic (exact) mass is 361 g/mol. The van der Waals surface area contributed by atoms with Crippen molar-refractivity contribution in [3.8, 4) is 0 Å². The van der Waals surface area contributed by atoms with Gasteiger partial charge in [-0.15, -0.1) is 0 Å². The summed E-state index contributed by atoms with van der Waals surface area (Å²) in [5.41, 5.74) is 0.623. The van der Waals surface area contributed by atoms with Gasteiger partial charge in [0.25, 0.3) is 5.78 Å². The molecule has 0 atom stereocenters. The Morgan fingerprint density at radius 2 is 1.73 bits per heavy atom. The summed E-state index contributed by atoms with van der Waals surface area (Å²) in [4.78, 5) is 50.6. The molecule has 0 saturated heterocycles. The van der Waals surface area contributed by atoms with Gasteiger partial charge in [0.1, 0.15) is 11.6 Å². The molecule has 0 unspecified atom stereocenters. The van der Waals surface area contributed by atoms with Gasteiger partial charge < -0.3 is 9.15 Å². The van der Waals surface area contributed by atoms with Crippen LogP contribution in [0.4, 0.5) is 4.39 Å². The quantitative estimate of drug-likeness (QED) is 0.306. The highest BCUT2D eigenvalue weighted by atomic mass is 19.1. The molecule has 0 spiro atoms. The van der Waals surface area contributed by atoms with Gasteiger partial charge in [-0.3, -0.25) is 14.4 Å². The molecule has 2 rings (SSSR count). The molecule has 0 aliphatic rings. The van der Waals surface area contributed by atoms with E-state index in [4.69, 9.17) is 4.42 Å². The Bertz CT molecular complexity index is 853. The lowest BCUT2D eigenvalue weighted by Gasteiger charge is -2.02. The van der Waals surface area contributed by atoms with E-state index in [9.17, 15) is 23.6 Å². The Hall–Kier alpha value is -3.16. The van der Waals surface area contributed by atoms with Gasteiger partial charge >= 0.3 is 5.97 Å². The maximum Gasteiger partial charge on any atom is 0.374 e. The first-order chi connectivity index (χ1) is 12.3. The van der Waals surface area contributed by atoms with Gasteiger partial charge in [-0.2, -0.15) is 0 Å². The lowest BCUT2D eigenvalue weighted by atomic mass is 10.0. The zero-order chi connectivity index (χ0) is 19.3. The summed E-state index contributed by atoms with van der Waals surface area (Å²) in [6.45, 7) is 1.52. The standard InChI is InChI=1S/C18H16FNO6/c1-10-20-16(17(23)13(21)9-14(22)18(24)25-2)15(26-10)8-5-11-3-6-12(19)7-4-11/h3-4,6-7H,5,8-9H2,1-2H3. The van der Waals surface area contributed by atoms with Crippen LogP contribution in [0, 0.1) is 12.7 Å². The molecule has 8 heteroatoms. The lowest BCUT2D eigenvalue weighted by molar-refractivity contribution is -0.152. The number of hydrogen-bond donors (Lipinski definition) is 0. The van der Waals surface area contributed by atoms with Crippen LogP contribution in [0.25, 0.3) is 0 Å². The summed E-state index contributed by atoms with van der Waals surface area (Å²) in [6, 6.07) is 5.82. The molecule has 7 nitrogen and oxygen atoms in total. The number of aromatic nitrogens is 1. The Morgan fingerprint density at radius 3 is 2.35 bits per heavy atom. The van der Waals surface area contributed by atoms with E-state index in [1.54, 1.807) is 12.1 Å². The SMILES string of the molecule is COC(=O)C(=O)CC(=O)C(=O)c1nc(C)oc1CCc1ccc(F)cc1. The third-order valence-electron chi connectivity index (χ3n) is 3.56. The number of halogens is 1. The number of aryl methyl sites for hydroxylation is 3. The molecule has 1 aromatic heterocycles. The second kappa shape index (κ2) is 8.28. The molecular formula is C18H16FNO6. The van der Waals surface area contributed by atoms with Crippen molar-refractivity contribution < 1.29 is 32.7 Å². The van der Waals surface area contributed by atoms with E-state index in [-0.39, 0.29) is 29.6 Å². The van der Waals surface area contributed by atoms with E-state index >= 15 is 0 Å². The normalized spacial score (nSPS) is 10.4. The number of Topliss-reactive ketones (excluding diaryl/α,β-unsaturated/α-hetero) is 3. The summed E-state index contributed by atoms with van der Waals surface area (Å²) in [5.74, 6) is -4.37. The van der Waals surface area contributed by atoms with Crippen LogP contribution in [0.5, 0.6) is 0 Å². The number of carbonyl (C=O) groups is 4. The molecule has 0 N–H and O–H groups in total. The van der Waals surface area contributed by atoms with Crippen molar-refractivity contribution >= 4 is 23.3 Å². The van der Waals surface area contributed by atoms with Crippen molar-refractivity contribution in [2.45, 2.75) is 26.2 Å². The third-order valence-corrected chi connectivity index (χ3v) is 3.56. The number of oxazole rings is 1. The fourth-order valence-corrected chi connectivity index (χ4v) is 2.27. The molecule has 136 valence electrons. The Labute approximate surface area is 148 Å². The Balaban J connectivity index is 2.10. The lowest BCUT2D eigenvalue weighted by Crippen LogP contribution is -2.24. The highest BCUT2D eigenvalue weighted by Gasteiger charge is 2.28. The second-order valence-corrected chi connectivity index (χ2v) is 5.47. The molecular weight excluding hydrogens is 345 g/mol. The predicted octanol–water partition coefficient (Wildman–Crippen LogP) is 1.79. The third kappa shape index (κ3) is 4.69. The first-order valence-corrected chi connectivity index (χ1v) is 7.71. The number of hydrogen-bond acceptors (Lipinski definition) is 7. The van der Waals surface area contributed by atoms with Gasteiger partial charge in [-0.1, -0.05) is 12.1 Å². The summed E-state index contributed by atoms with van der Waals surface area (Å²) < 4.78 is 22.5. The summed E-state index contributed by atoms with van der Waals surface area (Å²) in [6.07, 6.45) is -0.203. The number of carbonyl (C=O) groups excluding carboxylic acids is 4. The molecule has 0 radical (unpaired) electrons. The minimum Gasteiger partial charge on any atom is -0.463 e. The first kappa shape index (κ1) is 19.2. The highest BCUT2D eigenvalue weighted by molar-refractivity contribution is 6.50. The number of esters is 1. The van der Waals surface area contributed by atoms with Crippen LogP contribution >= 0.6 is 0 Å². The zero-order valence-corrected chi connectivity index (χ0v) is 14.2. The minimum atomic E-state index is -1.20. The second-order valence-electron chi connectivity index (χ2n) is 5.47. The van der Waals surface area contributed by atoms with Crippen molar-refractivity contribution in [2.75, 3.05) is 7.11 Å². The van der Waals surface area contributed by atoms with Crippen molar-refractivity contribution in [1.82, 2.24) is 4.98 Å². The van der Waals surface area contributed by atoms with E-state index in [1.807, 2.05) is 0 Å². The molecule has 0 bridgehead atoms. The van der Waals surface area contributed by atoms with Crippen molar-refractivity contribution in [3.63, 3.8) is 0 Å². The van der Waals surface area contributed by atoms with E-state index in [0.29, 0.717) is 6.42 Å². The van der Waals surface area contributed by atoms with E-state index in [2.05, 4.69) is 9.72 Å². The van der Waals surface area contributed by atoms with Crippen molar-refractivity contribution in [2.24, 2.45) is 0 Å². The average molecular weight is 361 g/mol. The summed E-state index contributed by atoms with van der Waals surface area (Å²) in [7, 11) is 1.00. The largest absolute Gasteiger partial charge is 0.463 e. The number of ketones is 3. The van der Waals surface area contributed by atoms with E-state index in [1.165, 1.54) is 19.1 Å². The van der Waals surface area contributed by atoms with Crippen molar-refractivity contribution in [3.05, 3.63) is 53.0 Å². The van der Waals surface area contributed by atoms with Crippen LogP contribution in [0.1, 0.15) is 34.1 Å². The van der Waals surface area contributed by atoms with E-state index in [0.717, 1.165) is 12.7 Å². The van der Waals surface area contributed by atoms with Crippen LogP contribution in [0.15, 0.2) is 28.7 Å². The van der Waals surface area contributed by atoms with Gasteiger partial charge in [0, 0.05) is 13.3 Å². The topological polar surface area (TPSA) is 104 Å². The van der Waals surface area contributed by atoms with Gasteiger partial charge in [-0.25, -0.2) is 14.2 Å². The van der Waals surface area contributed by atoms with Gasteiger partial charge in [0.2, 0.25) is 11.6 Å². The first-order valence-electron chi connectivity index (χ1n) is 7.71. The molecule has 1 aromatic carbocycles. The number of rotatable bonds is 8. The molecule has 0 amide bonds. The fraction of sp³-hybridized carbons (Fsp3) is 0.278. The number of nitrogens with zero attached hydrogens (tertiary/aromatic N) is 1. The number of benzene rings is 1. The summed E-state index contributed by atoms with van der Waals surface area (Å²) in [5, 5.41) is 0.